The maximum absolute atomic E-state index is 5.60. The van der Waals surface area contributed by atoms with E-state index in [4.69, 9.17) is 6.92 Å². The molecule has 0 saturated heterocycles. The first-order valence-electron chi connectivity index (χ1n) is 3.55. The Morgan fingerprint density at radius 2 is 2.00 bits per heavy atom. The molecule has 0 aromatic heterocycles. The van der Waals surface area contributed by atoms with Gasteiger partial charge in [-0.2, -0.15) is 0 Å². The quantitative estimate of drug-likeness (QED) is 0.551. The van der Waals surface area contributed by atoms with Crippen LogP contribution < -0.4 is 0 Å². The molecule has 0 N–H and O–H groups in total. The Balaban J connectivity index is 2.96. The molecule has 0 aliphatic rings. The van der Waals surface area contributed by atoms with E-state index in [1.165, 1.54) is 5.56 Å². The smallest absolute Gasteiger partial charge is 0.00119 e. The predicted octanol–water partition coefficient (Wildman–Crippen LogP) is 2.87. The summed E-state index contributed by atoms with van der Waals surface area (Å²) < 4.78 is 0. The third kappa shape index (κ3) is 1.60. The zero-order chi connectivity index (χ0) is 7.56. The summed E-state index contributed by atoms with van der Waals surface area (Å²) in [6, 6.07) is 8.02. The highest BCUT2D eigenvalue weighted by molar-refractivity contribution is 5.27. The van der Waals surface area contributed by atoms with Crippen molar-refractivity contribution in [3.63, 3.8) is 0 Å². The second-order valence-corrected chi connectivity index (χ2v) is 2.82. The highest BCUT2D eigenvalue weighted by atomic mass is 14.0. The van der Waals surface area contributed by atoms with Crippen molar-refractivity contribution < 1.29 is 0 Å². The average Bonchev–Trinajstić information content (AvgIpc) is 1.88. The zero-order valence-electron chi connectivity index (χ0n) is 6.46. The van der Waals surface area contributed by atoms with Crippen LogP contribution in [0.15, 0.2) is 24.3 Å². The number of hydrogen-bond acceptors (Lipinski definition) is 0. The minimum absolute atomic E-state index is 0.573. The van der Waals surface area contributed by atoms with E-state index in [-0.39, 0.29) is 0 Å². The minimum atomic E-state index is 0.573. The van der Waals surface area contributed by atoms with Gasteiger partial charge in [-0.3, -0.25) is 0 Å². The average molecular weight is 132 g/mol. The largest absolute Gasteiger partial charge is 0.0617 e. The molecular weight excluding hydrogens is 120 g/mol. The van der Waals surface area contributed by atoms with Crippen LogP contribution in [0.4, 0.5) is 0 Å². The van der Waals surface area contributed by atoms with Crippen LogP contribution in [0.5, 0.6) is 0 Å². The Bertz CT molecular complexity index is 211. The van der Waals surface area contributed by atoms with E-state index >= 15 is 0 Å². The SMILES string of the molecule is [CH]c1cccc(C(C)C)c1. The molecule has 0 atom stereocenters. The summed E-state index contributed by atoms with van der Waals surface area (Å²) in [5.41, 5.74) is 2.16. The van der Waals surface area contributed by atoms with Crippen LogP contribution in [0.2, 0.25) is 0 Å². The molecule has 0 nitrogen and oxygen atoms in total. The molecule has 0 aliphatic carbocycles. The molecule has 0 fully saturated rings. The maximum atomic E-state index is 5.60. The van der Waals surface area contributed by atoms with Crippen molar-refractivity contribution in [3.05, 3.63) is 42.3 Å². The van der Waals surface area contributed by atoms with E-state index in [1.54, 1.807) is 0 Å². The Morgan fingerprint density at radius 3 is 2.40 bits per heavy atom. The molecule has 1 aromatic rings. The Hall–Kier alpha value is -0.780. The molecule has 0 bridgehead atoms. The molecule has 52 valence electrons. The lowest BCUT2D eigenvalue weighted by Crippen LogP contribution is -1.86. The molecule has 1 rings (SSSR count). The Morgan fingerprint density at radius 1 is 1.30 bits per heavy atom. The van der Waals surface area contributed by atoms with Gasteiger partial charge in [-0.25, -0.2) is 0 Å². The van der Waals surface area contributed by atoms with E-state index in [0.717, 1.165) is 5.56 Å². The third-order valence-corrected chi connectivity index (χ3v) is 1.58. The molecule has 1 aromatic carbocycles. The minimum Gasteiger partial charge on any atom is -0.0617 e. The lowest BCUT2D eigenvalue weighted by atomic mass is 10.0. The molecular formula is C10H12. The summed E-state index contributed by atoms with van der Waals surface area (Å²) in [5.74, 6) is 0.573. The molecule has 0 aliphatic heterocycles. The zero-order valence-corrected chi connectivity index (χ0v) is 6.46. The van der Waals surface area contributed by atoms with Gasteiger partial charge in [0.15, 0.2) is 0 Å². The molecule has 0 saturated carbocycles. The summed E-state index contributed by atoms with van der Waals surface area (Å²) in [4.78, 5) is 0. The van der Waals surface area contributed by atoms with E-state index in [0.29, 0.717) is 5.92 Å². The van der Waals surface area contributed by atoms with Crippen molar-refractivity contribution in [1.82, 2.24) is 0 Å². The number of benzene rings is 1. The van der Waals surface area contributed by atoms with Crippen molar-refractivity contribution in [2.75, 3.05) is 0 Å². The second-order valence-electron chi connectivity index (χ2n) is 2.82. The first-order chi connectivity index (χ1) is 4.70. The van der Waals surface area contributed by atoms with Crippen LogP contribution in [0.3, 0.4) is 0 Å². The fraction of sp³-hybridized carbons (Fsp3) is 0.300. The Labute approximate surface area is 62.9 Å². The van der Waals surface area contributed by atoms with Crippen LogP contribution in [-0.4, -0.2) is 0 Å². The van der Waals surface area contributed by atoms with E-state index in [1.807, 2.05) is 18.2 Å². The molecule has 0 heterocycles. The van der Waals surface area contributed by atoms with Gasteiger partial charge >= 0.3 is 0 Å². The van der Waals surface area contributed by atoms with Gasteiger partial charge in [0, 0.05) is 0 Å². The van der Waals surface area contributed by atoms with Gasteiger partial charge in [-0.05, 0) is 24.0 Å². The van der Waals surface area contributed by atoms with Gasteiger partial charge < -0.3 is 0 Å². The van der Waals surface area contributed by atoms with Gasteiger partial charge in [0.05, 0.1) is 0 Å². The maximum Gasteiger partial charge on any atom is -0.00119 e. The predicted molar refractivity (Wildman–Crippen MR) is 43.9 cm³/mol. The van der Waals surface area contributed by atoms with Crippen molar-refractivity contribution in [2.45, 2.75) is 19.8 Å². The normalized spacial score (nSPS) is 10.4. The molecule has 0 amide bonds. The highest BCUT2D eigenvalue weighted by Crippen LogP contribution is 2.14. The van der Waals surface area contributed by atoms with E-state index < -0.39 is 0 Å². The van der Waals surface area contributed by atoms with Crippen LogP contribution in [-0.2, 0) is 0 Å². The van der Waals surface area contributed by atoms with Crippen molar-refractivity contribution in [3.8, 4) is 0 Å². The fourth-order valence-corrected chi connectivity index (χ4v) is 0.918. The van der Waals surface area contributed by atoms with Crippen LogP contribution in [0.1, 0.15) is 30.9 Å². The summed E-state index contributed by atoms with van der Waals surface area (Å²) in [7, 11) is 0. The molecule has 0 heteroatoms. The highest BCUT2D eigenvalue weighted by Gasteiger charge is 1.96. The third-order valence-electron chi connectivity index (χ3n) is 1.58. The monoisotopic (exact) mass is 132 g/mol. The standard InChI is InChI=1S/C10H12/c1-8(2)10-6-4-5-9(3)7-10/h3-8H,1-2H3. The van der Waals surface area contributed by atoms with Gasteiger partial charge in [0.25, 0.3) is 0 Å². The summed E-state index contributed by atoms with van der Waals surface area (Å²) >= 11 is 0. The molecule has 2 radical (unpaired) electrons. The summed E-state index contributed by atoms with van der Waals surface area (Å²) in [6.45, 7) is 9.92. The van der Waals surface area contributed by atoms with Gasteiger partial charge in [-0.15, -0.1) is 0 Å². The van der Waals surface area contributed by atoms with Gasteiger partial charge in [0.1, 0.15) is 0 Å². The fourth-order valence-electron chi connectivity index (χ4n) is 0.918. The van der Waals surface area contributed by atoms with Crippen LogP contribution in [0, 0.1) is 6.92 Å². The van der Waals surface area contributed by atoms with Crippen molar-refractivity contribution in [2.24, 2.45) is 0 Å². The topological polar surface area (TPSA) is 0 Å². The van der Waals surface area contributed by atoms with Gasteiger partial charge in [-0.1, -0.05) is 38.1 Å². The summed E-state index contributed by atoms with van der Waals surface area (Å²) in [5, 5.41) is 0. The number of rotatable bonds is 1. The second kappa shape index (κ2) is 2.87. The Kier molecular flexibility index (Phi) is 2.10. The lowest BCUT2D eigenvalue weighted by Gasteiger charge is -2.04. The van der Waals surface area contributed by atoms with E-state index in [9.17, 15) is 0 Å². The van der Waals surface area contributed by atoms with Crippen LogP contribution >= 0.6 is 0 Å². The molecule has 10 heavy (non-hydrogen) atoms. The molecule has 0 spiro atoms. The van der Waals surface area contributed by atoms with Crippen molar-refractivity contribution >= 4 is 0 Å². The van der Waals surface area contributed by atoms with E-state index in [2.05, 4.69) is 19.9 Å². The van der Waals surface area contributed by atoms with Gasteiger partial charge in [0.2, 0.25) is 0 Å². The van der Waals surface area contributed by atoms with Crippen LogP contribution in [0.25, 0.3) is 0 Å². The lowest BCUT2D eigenvalue weighted by molar-refractivity contribution is 0.866. The first-order valence-corrected chi connectivity index (χ1v) is 3.55. The first kappa shape index (κ1) is 7.33. The summed E-state index contributed by atoms with van der Waals surface area (Å²) in [6.07, 6.45) is 0. The molecule has 0 unspecified atom stereocenters. The number of hydrogen-bond donors (Lipinski definition) is 0. The van der Waals surface area contributed by atoms with Crippen molar-refractivity contribution in [1.29, 1.82) is 0 Å².